The Morgan fingerprint density at radius 2 is 1.87 bits per heavy atom. The van der Waals surface area contributed by atoms with Crippen LogP contribution in [0.15, 0.2) is 30.3 Å². The molecule has 2 amide bonds. The molecule has 2 heterocycles. The minimum atomic E-state index is -0.401. The smallest absolute Gasteiger partial charge is 0.237 e. The van der Waals surface area contributed by atoms with Gasteiger partial charge in [-0.1, -0.05) is 42.8 Å². The van der Waals surface area contributed by atoms with Crippen LogP contribution < -0.4 is 0 Å². The fourth-order valence-corrected chi connectivity index (χ4v) is 5.44. The maximum Gasteiger partial charge on any atom is 0.237 e. The maximum absolute atomic E-state index is 13.1. The van der Waals surface area contributed by atoms with Gasteiger partial charge in [0.25, 0.3) is 0 Å². The quantitative estimate of drug-likeness (QED) is 0.777. The number of carbonyl (C=O) groups is 2. The van der Waals surface area contributed by atoms with E-state index in [1.165, 1.54) is 0 Å². The van der Waals surface area contributed by atoms with Gasteiger partial charge in [-0.2, -0.15) is 0 Å². The van der Waals surface area contributed by atoms with Crippen molar-refractivity contribution in [2.24, 2.45) is 5.92 Å². The molecule has 2 aliphatic heterocycles. The van der Waals surface area contributed by atoms with Crippen LogP contribution in [0.25, 0.3) is 6.08 Å². The lowest BCUT2D eigenvalue weighted by atomic mass is 9.60. The van der Waals surface area contributed by atoms with Gasteiger partial charge in [-0.15, -0.1) is 0 Å². The van der Waals surface area contributed by atoms with Gasteiger partial charge in [0.15, 0.2) is 0 Å². The summed E-state index contributed by atoms with van der Waals surface area (Å²) in [6, 6.07) is 8.13. The third kappa shape index (κ3) is 3.36. The van der Waals surface area contributed by atoms with Crippen LogP contribution >= 0.6 is 0 Å². The lowest BCUT2D eigenvalue weighted by Crippen LogP contribution is -2.86. The van der Waals surface area contributed by atoms with E-state index in [4.69, 9.17) is 0 Å². The van der Waals surface area contributed by atoms with Crippen molar-refractivity contribution >= 4 is 17.9 Å². The summed E-state index contributed by atoms with van der Waals surface area (Å²) in [5.74, 6) is 0.470. The van der Waals surface area contributed by atoms with Crippen LogP contribution in [0.5, 0.6) is 0 Å². The molecule has 6 heteroatoms. The van der Waals surface area contributed by atoms with E-state index in [9.17, 15) is 14.7 Å². The molecule has 1 aliphatic carbocycles. The second-order valence-corrected chi connectivity index (χ2v) is 9.32. The zero-order chi connectivity index (χ0) is 21.5. The maximum atomic E-state index is 13.1. The molecule has 1 N–H and O–H groups in total. The van der Waals surface area contributed by atoms with Crippen molar-refractivity contribution in [3.8, 4) is 0 Å². The molecule has 3 aliphatic rings. The summed E-state index contributed by atoms with van der Waals surface area (Å²) in [6.07, 6.45) is 7.17. The van der Waals surface area contributed by atoms with E-state index >= 15 is 0 Å². The Labute approximate surface area is 179 Å². The van der Waals surface area contributed by atoms with Gasteiger partial charge in [-0.3, -0.25) is 9.59 Å². The Kier molecular flexibility index (Phi) is 5.73. The molecular weight excluding hydrogens is 378 g/mol. The Morgan fingerprint density at radius 1 is 1.20 bits per heavy atom. The number of amides is 2. The highest BCUT2D eigenvalue weighted by atomic mass is 16.3. The Hall–Kier alpha value is -2.18. The van der Waals surface area contributed by atoms with Crippen molar-refractivity contribution in [3.05, 3.63) is 41.5 Å². The highest BCUT2D eigenvalue weighted by Gasteiger charge is 2.68. The van der Waals surface area contributed by atoms with E-state index in [1.807, 2.05) is 41.8 Å². The summed E-state index contributed by atoms with van der Waals surface area (Å²) in [5, 5.41) is 10.2. The molecule has 0 aromatic heterocycles. The van der Waals surface area contributed by atoms with Crippen molar-refractivity contribution in [1.29, 1.82) is 0 Å². The van der Waals surface area contributed by atoms with E-state index in [-0.39, 0.29) is 36.3 Å². The van der Waals surface area contributed by atoms with E-state index in [0.717, 1.165) is 30.4 Å². The van der Waals surface area contributed by atoms with Gasteiger partial charge < -0.3 is 19.8 Å². The lowest BCUT2D eigenvalue weighted by molar-refractivity contribution is -0.205. The van der Waals surface area contributed by atoms with Gasteiger partial charge in [0.05, 0.1) is 24.7 Å². The second kappa shape index (κ2) is 8.16. The van der Waals surface area contributed by atoms with Crippen LogP contribution in [0.1, 0.15) is 43.2 Å². The molecule has 2 atom stereocenters. The Bertz CT molecular complexity index is 823. The molecule has 0 radical (unpaired) electrons. The van der Waals surface area contributed by atoms with Gasteiger partial charge in [0.1, 0.15) is 0 Å². The monoisotopic (exact) mass is 411 g/mol. The minimum absolute atomic E-state index is 0.0246. The summed E-state index contributed by atoms with van der Waals surface area (Å²) in [4.78, 5) is 31.5. The van der Waals surface area contributed by atoms with Crippen LogP contribution in [-0.4, -0.2) is 83.5 Å². The molecule has 3 fully saturated rings. The lowest BCUT2D eigenvalue weighted by Gasteiger charge is -2.70. The molecule has 0 bridgehead atoms. The number of hydrogen-bond acceptors (Lipinski definition) is 4. The third-order valence-corrected chi connectivity index (χ3v) is 7.03. The summed E-state index contributed by atoms with van der Waals surface area (Å²) in [7, 11) is 3.76. The molecule has 30 heavy (non-hydrogen) atoms. The molecule has 2 saturated heterocycles. The minimum Gasteiger partial charge on any atom is -0.394 e. The first-order valence-electron chi connectivity index (χ1n) is 11.0. The molecule has 1 aromatic carbocycles. The molecule has 1 saturated carbocycles. The van der Waals surface area contributed by atoms with E-state index in [0.29, 0.717) is 19.6 Å². The van der Waals surface area contributed by atoms with Crippen LogP contribution in [0, 0.1) is 5.92 Å². The van der Waals surface area contributed by atoms with Gasteiger partial charge in [-0.05, 0) is 45.0 Å². The zero-order valence-electron chi connectivity index (χ0n) is 18.3. The number of hydrogen-bond donors (Lipinski definition) is 1. The molecule has 4 rings (SSSR count). The first-order chi connectivity index (χ1) is 14.4. The number of benzene rings is 1. The molecule has 1 aromatic rings. The second-order valence-electron chi connectivity index (χ2n) is 9.32. The standard InChI is InChI=1S/C24H33N3O3/c1-4-6-17-9-11-18(12-10-17)22-20(14-28)27(21(29)13-25(2)3)24(22)15-26(16-24)23(30)19-7-5-8-19/h4,6,9-12,19-20,22,28H,5,7-8,13-16H2,1-3H3/t20-,22+/m1/s1. The van der Waals surface area contributed by atoms with E-state index in [2.05, 4.69) is 30.3 Å². The molecule has 1 spiro atoms. The van der Waals surface area contributed by atoms with Crippen LogP contribution in [0.4, 0.5) is 0 Å². The van der Waals surface area contributed by atoms with Crippen LogP contribution in [0.3, 0.4) is 0 Å². The predicted octanol–water partition coefficient (Wildman–Crippen LogP) is 1.95. The van der Waals surface area contributed by atoms with Gasteiger partial charge in [-0.25, -0.2) is 0 Å². The van der Waals surface area contributed by atoms with E-state index in [1.54, 1.807) is 0 Å². The summed E-state index contributed by atoms with van der Waals surface area (Å²) >= 11 is 0. The van der Waals surface area contributed by atoms with Crippen molar-refractivity contribution in [3.63, 3.8) is 0 Å². The number of aliphatic hydroxyl groups is 1. The van der Waals surface area contributed by atoms with Gasteiger partial charge in [0, 0.05) is 24.9 Å². The summed E-state index contributed by atoms with van der Waals surface area (Å²) in [6.45, 7) is 3.37. The first kappa shape index (κ1) is 21.1. The largest absolute Gasteiger partial charge is 0.394 e. The third-order valence-electron chi connectivity index (χ3n) is 7.03. The average Bonchev–Trinajstić information content (AvgIpc) is 2.59. The number of carbonyl (C=O) groups excluding carboxylic acids is 2. The fraction of sp³-hybridized carbons (Fsp3) is 0.583. The predicted molar refractivity (Wildman–Crippen MR) is 117 cm³/mol. The molecular formula is C24H33N3O3. The molecule has 0 unspecified atom stereocenters. The van der Waals surface area contributed by atoms with Gasteiger partial charge >= 0.3 is 0 Å². The number of allylic oxidation sites excluding steroid dienone is 1. The number of nitrogens with zero attached hydrogens (tertiary/aromatic N) is 3. The highest BCUT2D eigenvalue weighted by Crippen LogP contribution is 2.54. The number of rotatable bonds is 6. The number of aliphatic hydroxyl groups excluding tert-OH is 1. The molecule has 162 valence electrons. The average molecular weight is 412 g/mol. The van der Waals surface area contributed by atoms with Crippen molar-refractivity contribution in [1.82, 2.24) is 14.7 Å². The molecule has 6 nitrogen and oxygen atoms in total. The van der Waals surface area contributed by atoms with Crippen molar-refractivity contribution < 1.29 is 14.7 Å². The van der Waals surface area contributed by atoms with Crippen LogP contribution in [-0.2, 0) is 9.59 Å². The first-order valence-corrected chi connectivity index (χ1v) is 11.0. The van der Waals surface area contributed by atoms with E-state index < -0.39 is 5.54 Å². The topological polar surface area (TPSA) is 64.1 Å². The van der Waals surface area contributed by atoms with Crippen molar-refractivity contribution in [2.75, 3.05) is 40.3 Å². The fourth-order valence-electron chi connectivity index (χ4n) is 5.44. The zero-order valence-corrected chi connectivity index (χ0v) is 18.3. The SMILES string of the molecule is CC=Cc1ccc([C@H]2[C@@H](CO)N(C(=O)CN(C)C)C23CN(C(=O)C2CCC2)C3)cc1. The normalized spacial score (nSPS) is 25.4. The Balaban J connectivity index is 1.60. The number of likely N-dealkylation sites (tertiary alicyclic amines) is 2. The summed E-state index contributed by atoms with van der Waals surface area (Å²) < 4.78 is 0. The highest BCUT2D eigenvalue weighted by molar-refractivity contribution is 5.85. The van der Waals surface area contributed by atoms with Crippen LogP contribution in [0.2, 0.25) is 0 Å². The summed E-state index contributed by atoms with van der Waals surface area (Å²) in [5.41, 5.74) is 1.86. The van der Waals surface area contributed by atoms with Crippen molar-refractivity contribution in [2.45, 2.75) is 43.7 Å². The van der Waals surface area contributed by atoms with Gasteiger partial charge in [0.2, 0.25) is 11.8 Å². The Morgan fingerprint density at radius 3 is 2.37 bits per heavy atom. The number of likely N-dealkylation sites (N-methyl/N-ethyl adjacent to an activating group) is 1.